The van der Waals surface area contributed by atoms with E-state index in [2.05, 4.69) is 41.0 Å². The first-order chi connectivity index (χ1) is 17.6. The molecule has 1 atom stereocenters. The summed E-state index contributed by atoms with van der Waals surface area (Å²) in [6.07, 6.45) is 8.31. The standard InChI is InChI=1S/C28H41N7O2/c1-6-23(36)35-16-28(17-35)11-12-34(15-28)26-30-21-10-8-7-9-20(21)24(32-26)29-19(13-18(2)3)14-22-31-25(37)27(4,5)33-22/h6,18-19H,1,7-17H2,2-5H3,(H,29,30,32)(H,31,33,37)/t19-/m0/s1. The maximum Gasteiger partial charge on any atom is 0.252 e. The molecule has 9 nitrogen and oxygen atoms in total. The van der Waals surface area contributed by atoms with Crippen molar-refractivity contribution in [3.63, 3.8) is 0 Å². The number of aryl methyl sites for hydroxylation is 1. The Kier molecular flexibility index (Phi) is 6.75. The number of amides is 2. The van der Waals surface area contributed by atoms with Gasteiger partial charge in [0.25, 0.3) is 5.91 Å². The van der Waals surface area contributed by atoms with E-state index in [-0.39, 0.29) is 23.3 Å². The van der Waals surface area contributed by atoms with Gasteiger partial charge in [-0.05, 0) is 64.4 Å². The Morgan fingerprint density at radius 3 is 2.62 bits per heavy atom. The van der Waals surface area contributed by atoms with Crippen LogP contribution in [0.3, 0.4) is 0 Å². The van der Waals surface area contributed by atoms with Crippen LogP contribution in [0, 0.1) is 11.3 Å². The van der Waals surface area contributed by atoms with Crippen LogP contribution in [0.1, 0.15) is 71.1 Å². The zero-order valence-electron chi connectivity index (χ0n) is 22.8. The van der Waals surface area contributed by atoms with Gasteiger partial charge in [-0.15, -0.1) is 0 Å². The molecule has 4 aliphatic rings. The second-order valence-electron chi connectivity index (χ2n) is 12.3. The molecule has 3 aliphatic heterocycles. The van der Waals surface area contributed by atoms with Crippen LogP contribution in [0.5, 0.6) is 0 Å². The maximum atomic E-state index is 12.3. The molecule has 0 radical (unpaired) electrons. The van der Waals surface area contributed by atoms with E-state index in [1.54, 1.807) is 0 Å². The number of carbonyl (C=O) groups is 2. The van der Waals surface area contributed by atoms with Crippen molar-refractivity contribution in [2.45, 2.75) is 84.2 Å². The summed E-state index contributed by atoms with van der Waals surface area (Å²) in [7, 11) is 0. The molecule has 2 amide bonds. The number of nitrogens with one attached hydrogen (secondary N) is 2. The molecule has 4 heterocycles. The first kappa shape index (κ1) is 25.7. The summed E-state index contributed by atoms with van der Waals surface area (Å²) in [5.74, 6) is 2.94. The van der Waals surface area contributed by atoms with Crippen LogP contribution < -0.4 is 15.5 Å². The predicted octanol–water partition coefficient (Wildman–Crippen LogP) is 3.10. The molecule has 1 aliphatic carbocycles. The van der Waals surface area contributed by atoms with E-state index >= 15 is 0 Å². The summed E-state index contributed by atoms with van der Waals surface area (Å²) in [4.78, 5) is 43.3. The number of likely N-dealkylation sites (tertiary alicyclic amines) is 1. The molecular weight excluding hydrogens is 466 g/mol. The summed E-state index contributed by atoms with van der Waals surface area (Å²) in [5, 5.41) is 6.76. The Balaban J connectivity index is 1.36. The van der Waals surface area contributed by atoms with E-state index in [1.807, 2.05) is 18.7 Å². The SMILES string of the molecule is C=CC(=O)N1CC2(CCN(c3nc4c(c(N[C@H](CC5=NC(C)(C)C(=O)N5)CC(C)C)n3)CCCC4)C2)C1. The third kappa shape index (κ3) is 5.22. The lowest BCUT2D eigenvalue weighted by Crippen LogP contribution is -2.59. The highest BCUT2D eigenvalue weighted by molar-refractivity contribution is 6.08. The average Bonchev–Trinajstić information content (AvgIpc) is 3.38. The molecule has 1 spiro atoms. The van der Waals surface area contributed by atoms with Crippen LogP contribution in [-0.4, -0.2) is 70.3 Å². The van der Waals surface area contributed by atoms with Crippen LogP contribution in [0.2, 0.25) is 0 Å². The zero-order chi connectivity index (χ0) is 26.4. The minimum atomic E-state index is -0.710. The van der Waals surface area contributed by atoms with Crippen molar-refractivity contribution in [1.82, 2.24) is 20.2 Å². The molecule has 0 unspecified atom stereocenters. The molecule has 1 aromatic rings. The van der Waals surface area contributed by atoms with Crippen LogP contribution in [-0.2, 0) is 22.4 Å². The molecule has 2 fully saturated rings. The van der Waals surface area contributed by atoms with E-state index in [0.717, 1.165) is 88.0 Å². The Morgan fingerprint density at radius 2 is 1.95 bits per heavy atom. The van der Waals surface area contributed by atoms with Gasteiger partial charge in [-0.3, -0.25) is 14.6 Å². The van der Waals surface area contributed by atoms with Crippen LogP contribution in [0.15, 0.2) is 17.6 Å². The topological polar surface area (TPSA) is 103 Å². The number of hydrogen-bond donors (Lipinski definition) is 2. The average molecular weight is 508 g/mol. The van der Waals surface area contributed by atoms with Crippen LogP contribution >= 0.6 is 0 Å². The van der Waals surface area contributed by atoms with E-state index < -0.39 is 5.54 Å². The zero-order valence-corrected chi connectivity index (χ0v) is 22.8. The monoisotopic (exact) mass is 507 g/mol. The Labute approximate surface area is 220 Å². The van der Waals surface area contributed by atoms with Gasteiger partial charge < -0.3 is 20.4 Å². The lowest BCUT2D eigenvalue weighted by molar-refractivity contribution is -0.136. The van der Waals surface area contributed by atoms with Gasteiger partial charge in [0.15, 0.2) is 0 Å². The molecule has 0 saturated carbocycles. The van der Waals surface area contributed by atoms with Crippen molar-refractivity contribution in [3.8, 4) is 0 Å². The molecule has 0 aromatic carbocycles. The lowest BCUT2D eigenvalue weighted by Gasteiger charge is -2.47. The summed E-state index contributed by atoms with van der Waals surface area (Å²) < 4.78 is 0. The fourth-order valence-electron chi connectivity index (χ4n) is 6.24. The number of carbonyl (C=O) groups excluding carboxylic acids is 2. The fraction of sp³-hybridized carbons (Fsp3) is 0.679. The third-order valence-corrected chi connectivity index (χ3v) is 8.20. The molecule has 2 saturated heterocycles. The van der Waals surface area contributed by atoms with Crippen molar-refractivity contribution in [3.05, 3.63) is 23.9 Å². The molecule has 9 heteroatoms. The highest BCUT2D eigenvalue weighted by atomic mass is 16.2. The van der Waals surface area contributed by atoms with E-state index in [4.69, 9.17) is 9.97 Å². The molecule has 5 rings (SSSR count). The van der Waals surface area contributed by atoms with Gasteiger partial charge in [-0.25, -0.2) is 4.98 Å². The largest absolute Gasteiger partial charge is 0.366 e. The molecule has 0 bridgehead atoms. The van der Waals surface area contributed by atoms with Crippen molar-refractivity contribution in [2.75, 3.05) is 36.4 Å². The summed E-state index contributed by atoms with van der Waals surface area (Å²) in [5.41, 5.74) is 1.82. The van der Waals surface area contributed by atoms with Gasteiger partial charge in [0, 0.05) is 49.6 Å². The Morgan fingerprint density at radius 1 is 1.19 bits per heavy atom. The Bertz CT molecular complexity index is 1120. The van der Waals surface area contributed by atoms with Crippen molar-refractivity contribution < 1.29 is 9.59 Å². The smallest absolute Gasteiger partial charge is 0.252 e. The number of nitrogens with zero attached hydrogens (tertiary/aromatic N) is 5. The van der Waals surface area contributed by atoms with Gasteiger partial charge in [0.1, 0.15) is 17.2 Å². The molecule has 2 N–H and O–H groups in total. The second kappa shape index (κ2) is 9.72. The number of amidine groups is 1. The summed E-state index contributed by atoms with van der Waals surface area (Å²) in [6, 6.07) is 0.108. The van der Waals surface area contributed by atoms with E-state index in [1.165, 1.54) is 11.6 Å². The number of aliphatic imine (C=N–C) groups is 1. The molecule has 37 heavy (non-hydrogen) atoms. The quantitative estimate of drug-likeness (QED) is 0.524. The van der Waals surface area contributed by atoms with Crippen molar-refractivity contribution >= 4 is 29.4 Å². The molecule has 1 aromatic heterocycles. The van der Waals surface area contributed by atoms with Crippen molar-refractivity contribution in [1.29, 1.82) is 0 Å². The van der Waals surface area contributed by atoms with Crippen molar-refractivity contribution in [2.24, 2.45) is 16.3 Å². The van der Waals surface area contributed by atoms with Gasteiger partial charge in [-0.1, -0.05) is 20.4 Å². The first-order valence-electron chi connectivity index (χ1n) is 13.8. The predicted molar refractivity (Wildman–Crippen MR) is 146 cm³/mol. The highest BCUT2D eigenvalue weighted by Crippen LogP contribution is 2.41. The molecule has 200 valence electrons. The molecular formula is C28H41N7O2. The normalized spacial score (nSPS) is 22.4. The number of fused-ring (bicyclic) bond motifs is 1. The number of aromatic nitrogens is 2. The first-order valence-corrected chi connectivity index (χ1v) is 13.8. The van der Waals surface area contributed by atoms with Crippen LogP contribution in [0.25, 0.3) is 0 Å². The van der Waals surface area contributed by atoms with Gasteiger partial charge in [-0.2, -0.15) is 4.98 Å². The maximum absolute atomic E-state index is 12.3. The minimum absolute atomic E-state index is 0.0169. The number of hydrogen-bond acceptors (Lipinski definition) is 7. The lowest BCUT2D eigenvalue weighted by atomic mass is 9.79. The van der Waals surface area contributed by atoms with Crippen LogP contribution in [0.4, 0.5) is 11.8 Å². The summed E-state index contributed by atoms with van der Waals surface area (Å²) >= 11 is 0. The van der Waals surface area contributed by atoms with E-state index in [0.29, 0.717) is 12.3 Å². The second-order valence-corrected chi connectivity index (χ2v) is 12.3. The minimum Gasteiger partial charge on any atom is -0.366 e. The summed E-state index contributed by atoms with van der Waals surface area (Å²) in [6.45, 7) is 15.1. The van der Waals surface area contributed by atoms with E-state index in [9.17, 15) is 9.59 Å². The number of rotatable bonds is 8. The van der Waals surface area contributed by atoms with Gasteiger partial charge >= 0.3 is 0 Å². The fourth-order valence-corrected chi connectivity index (χ4v) is 6.24. The van der Waals surface area contributed by atoms with Gasteiger partial charge in [0.05, 0.1) is 5.69 Å². The highest BCUT2D eigenvalue weighted by Gasteiger charge is 2.49. The number of anilines is 2. The van der Waals surface area contributed by atoms with Gasteiger partial charge in [0.2, 0.25) is 11.9 Å². The third-order valence-electron chi connectivity index (χ3n) is 8.20. The Hall–Kier alpha value is -2.97.